The lowest BCUT2D eigenvalue weighted by atomic mass is 10.2. The maximum Gasteiger partial charge on any atom is 0.273 e. The van der Waals surface area contributed by atoms with E-state index in [1.54, 1.807) is 36.5 Å². The van der Waals surface area contributed by atoms with Crippen molar-refractivity contribution in [1.82, 2.24) is 14.5 Å². The van der Waals surface area contributed by atoms with Crippen LogP contribution in [-0.2, 0) is 7.05 Å². The number of nitrogens with zero attached hydrogens (tertiary/aromatic N) is 3. The highest BCUT2D eigenvalue weighted by atomic mass is 32.1. The second-order valence-corrected chi connectivity index (χ2v) is 5.77. The number of aromatic nitrogens is 2. The van der Waals surface area contributed by atoms with Crippen molar-refractivity contribution in [2.24, 2.45) is 7.05 Å². The minimum Gasteiger partial charge on any atom is -0.465 e. The Balaban J connectivity index is 1.69. The molecule has 1 saturated heterocycles. The van der Waals surface area contributed by atoms with Gasteiger partial charge in [-0.25, -0.2) is 4.98 Å². The van der Waals surface area contributed by atoms with E-state index in [4.69, 9.17) is 4.74 Å². The molecule has 1 aliphatic rings. The van der Waals surface area contributed by atoms with E-state index < -0.39 is 0 Å². The van der Waals surface area contributed by atoms with Gasteiger partial charge in [-0.3, -0.25) is 9.59 Å². The van der Waals surface area contributed by atoms with E-state index in [0.29, 0.717) is 18.3 Å². The number of carbonyl (C=O) groups is 1. The summed E-state index contributed by atoms with van der Waals surface area (Å²) in [5.74, 6) is -0.235. The van der Waals surface area contributed by atoms with Gasteiger partial charge in [0.2, 0.25) is 0 Å². The number of thiazole rings is 1. The molecular formula is C14H15N3O3S. The Hall–Kier alpha value is -2.15. The second-order valence-electron chi connectivity index (χ2n) is 4.92. The molecule has 0 bridgehead atoms. The molecule has 0 aromatic carbocycles. The summed E-state index contributed by atoms with van der Waals surface area (Å²) >= 11 is 1.43. The smallest absolute Gasteiger partial charge is 0.273 e. The second kappa shape index (κ2) is 5.69. The molecule has 2 aromatic heterocycles. The van der Waals surface area contributed by atoms with Crippen LogP contribution in [0.15, 0.2) is 34.7 Å². The van der Waals surface area contributed by atoms with Crippen molar-refractivity contribution in [3.8, 4) is 5.19 Å². The average molecular weight is 305 g/mol. The van der Waals surface area contributed by atoms with Crippen LogP contribution in [0.3, 0.4) is 0 Å². The summed E-state index contributed by atoms with van der Waals surface area (Å²) in [6.45, 7) is 1.07. The first kappa shape index (κ1) is 13.8. The molecule has 7 heteroatoms. The summed E-state index contributed by atoms with van der Waals surface area (Å²) in [5.41, 5.74) is -0.0679. The summed E-state index contributed by atoms with van der Waals surface area (Å²) in [7, 11) is 1.64. The third kappa shape index (κ3) is 2.82. The van der Waals surface area contributed by atoms with Gasteiger partial charge in [-0.2, -0.15) is 0 Å². The van der Waals surface area contributed by atoms with Crippen molar-refractivity contribution in [3.63, 3.8) is 0 Å². The van der Waals surface area contributed by atoms with Crippen LogP contribution in [0.2, 0.25) is 0 Å². The lowest BCUT2D eigenvalue weighted by Gasteiger charge is -2.16. The molecule has 3 rings (SSSR count). The SMILES string of the molecule is Cn1cccc(C(=O)N2CCC(Oc3nccs3)C2)c1=O. The van der Waals surface area contributed by atoms with Gasteiger partial charge in [-0.15, -0.1) is 0 Å². The topological polar surface area (TPSA) is 64.4 Å². The molecule has 0 saturated carbocycles. The van der Waals surface area contributed by atoms with Crippen molar-refractivity contribution in [2.45, 2.75) is 12.5 Å². The van der Waals surface area contributed by atoms with E-state index in [-0.39, 0.29) is 23.1 Å². The Morgan fingerprint density at radius 3 is 3.14 bits per heavy atom. The van der Waals surface area contributed by atoms with Gasteiger partial charge in [0.1, 0.15) is 11.7 Å². The number of carbonyl (C=O) groups excluding carboxylic acids is 1. The molecule has 1 aliphatic heterocycles. The van der Waals surface area contributed by atoms with Crippen LogP contribution in [0.5, 0.6) is 5.19 Å². The van der Waals surface area contributed by atoms with Crippen LogP contribution < -0.4 is 10.3 Å². The molecule has 2 aromatic rings. The number of likely N-dealkylation sites (tertiary alicyclic amines) is 1. The Bertz CT molecular complexity index is 696. The Labute approximate surface area is 125 Å². The third-order valence-electron chi connectivity index (χ3n) is 3.46. The van der Waals surface area contributed by atoms with Crippen LogP contribution in [0.1, 0.15) is 16.8 Å². The number of hydrogen-bond donors (Lipinski definition) is 0. The molecule has 1 amide bonds. The monoisotopic (exact) mass is 305 g/mol. The van der Waals surface area contributed by atoms with E-state index in [9.17, 15) is 9.59 Å². The lowest BCUT2D eigenvalue weighted by Crippen LogP contribution is -2.35. The molecule has 0 spiro atoms. The van der Waals surface area contributed by atoms with Gasteiger partial charge >= 0.3 is 0 Å². The van der Waals surface area contributed by atoms with E-state index in [0.717, 1.165) is 6.42 Å². The maximum absolute atomic E-state index is 12.4. The van der Waals surface area contributed by atoms with E-state index in [1.807, 2.05) is 5.38 Å². The van der Waals surface area contributed by atoms with E-state index in [1.165, 1.54) is 15.9 Å². The fourth-order valence-corrected chi connectivity index (χ4v) is 2.90. The van der Waals surface area contributed by atoms with Gasteiger partial charge in [0, 0.05) is 37.8 Å². The Kier molecular flexibility index (Phi) is 3.74. The zero-order valence-corrected chi connectivity index (χ0v) is 12.4. The van der Waals surface area contributed by atoms with Crippen molar-refractivity contribution < 1.29 is 9.53 Å². The predicted molar refractivity (Wildman–Crippen MR) is 78.7 cm³/mol. The number of hydrogen-bond acceptors (Lipinski definition) is 5. The highest BCUT2D eigenvalue weighted by Crippen LogP contribution is 2.21. The van der Waals surface area contributed by atoms with Crippen molar-refractivity contribution >= 4 is 17.2 Å². The molecule has 0 aliphatic carbocycles. The molecule has 3 heterocycles. The molecule has 6 nitrogen and oxygen atoms in total. The molecule has 1 unspecified atom stereocenters. The normalized spacial score (nSPS) is 18.0. The molecule has 1 fully saturated rings. The van der Waals surface area contributed by atoms with Gasteiger partial charge in [-0.1, -0.05) is 11.3 Å². The number of pyridine rings is 1. The average Bonchev–Trinajstić information content (AvgIpc) is 3.13. The summed E-state index contributed by atoms with van der Waals surface area (Å²) in [4.78, 5) is 30.1. The summed E-state index contributed by atoms with van der Waals surface area (Å²) < 4.78 is 7.13. The van der Waals surface area contributed by atoms with Crippen molar-refractivity contribution in [2.75, 3.05) is 13.1 Å². The zero-order valence-electron chi connectivity index (χ0n) is 11.6. The highest BCUT2D eigenvalue weighted by molar-refractivity contribution is 7.11. The van der Waals surface area contributed by atoms with E-state index >= 15 is 0 Å². The number of rotatable bonds is 3. The first-order chi connectivity index (χ1) is 10.1. The lowest BCUT2D eigenvalue weighted by molar-refractivity contribution is 0.0770. The summed E-state index contributed by atoms with van der Waals surface area (Å²) in [5, 5.41) is 2.46. The summed E-state index contributed by atoms with van der Waals surface area (Å²) in [6, 6.07) is 3.27. The minimum atomic E-state index is -0.271. The zero-order chi connectivity index (χ0) is 14.8. The molecule has 110 valence electrons. The largest absolute Gasteiger partial charge is 0.465 e. The quantitative estimate of drug-likeness (QED) is 0.853. The predicted octanol–water partition coefficient (Wildman–Crippen LogP) is 1.14. The number of ether oxygens (including phenoxy) is 1. The van der Waals surface area contributed by atoms with Gasteiger partial charge in [-0.05, 0) is 12.1 Å². The molecule has 1 atom stereocenters. The standard InChI is InChI=1S/C14H15N3O3S/c1-16-6-2-3-11(12(16)18)13(19)17-7-4-10(9-17)20-14-15-5-8-21-14/h2-3,5-6,8,10H,4,7,9H2,1H3. The molecule has 21 heavy (non-hydrogen) atoms. The minimum absolute atomic E-state index is 0.0623. The van der Waals surface area contributed by atoms with Gasteiger partial charge in [0.05, 0.1) is 6.54 Å². The maximum atomic E-state index is 12.4. The van der Waals surface area contributed by atoms with Gasteiger partial charge in [0.25, 0.3) is 16.7 Å². The highest BCUT2D eigenvalue weighted by Gasteiger charge is 2.29. The first-order valence-electron chi connectivity index (χ1n) is 6.66. The van der Waals surface area contributed by atoms with Crippen molar-refractivity contribution in [1.29, 1.82) is 0 Å². The van der Waals surface area contributed by atoms with Crippen LogP contribution in [0.25, 0.3) is 0 Å². The van der Waals surface area contributed by atoms with E-state index in [2.05, 4.69) is 4.98 Å². The van der Waals surface area contributed by atoms with Crippen LogP contribution in [0, 0.1) is 0 Å². The summed E-state index contributed by atoms with van der Waals surface area (Å²) in [6.07, 6.45) is 4.01. The van der Waals surface area contributed by atoms with Crippen LogP contribution >= 0.6 is 11.3 Å². The molecular weight excluding hydrogens is 290 g/mol. The number of aryl methyl sites for hydroxylation is 1. The third-order valence-corrected chi connectivity index (χ3v) is 4.12. The molecule has 0 radical (unpaired) electrons. The Morgan fingerprint density at radius 1 is 1.52 bits per heavy atom. The molecule has 0 N–H and O–H groups in total. The van der Waals surface area contributed by atoms with Crippen LogP contribution in [-0.4, -0.2) is 39.6 Å². The Morgan fingerprint density at radius 2 is 2.38 bits per heavy atom. The van der Waals surface area contributed by atoms with Crippen LogP contribution in [0.4, 0.5) is 0 Å². The first-order valence-corrected chi connectivity index (χ1v) is 7.54. The van der Waals surface area contributed by atoms with Gasteiger partial charge < -0.3 is 14.2 Å². The number of amides is 1. The van der Waals surface area contributed by atoms with Gasteiger partial charge in [0.15, 0.2) is 0 Å². The van der Waals surface area contributed by atoms with Crippen molar-refractivity contribution in [3.05, 3.63) is 45.8 Å². The fraction of sp³-hybridized carbons (Fsp3) is 0.357. The fourth-order valence-electron chi connectivity index (χ4n) is 2.35.